The highest BCUT2D eigenvalue weighted by molar-refractivity contribution is 5.77. The van der Waals surface area contributed by atoms with Crippen molar-refractivity contribution < 1.29 is 33.6 Å². The molecule has 1 aliphatic rings. The van der Waals surface area contributed by atoms with Gasteiger partial charge in [0.05, 0.1) is 0 Å². The van der Waals surface area contributed by atoms with Gasteiger partial charge in [-0.2, -0.15) is 0 Å². The molecule has 2 aromatic carbocycles. The van der Waals surface area contributed by atoms with E-state index in [1.165, 1.54) is 7.11 Å². The number of rotatable bonds is 9. The van der Waals surface area contributed by atoms with E-state index in [0.29, 0.717) is 23.8 Å². The molecule has 0 saturated heterocycles. The molecular weight excluding hydrogens is 366 g/mol. The summed E-state index contributed by atoms with van der Waals surface area (Å²) >= 11 is 0. The standard InChI is InChI=1S/C20H21NO7/c1-25-18(20(23)24)8-13-2-5-15(6-3-13)26-11-19(22)21-10-14-4-7-16-17(9-14)28-12-27-16/h2-7,9,18H,8,10-12H2,1H3,(H,21,22)(H,23,24). The molecule has 8 nitrogen and oxygen atoms in total. The smallest absolute Gasteiger partial charge is 0.333 e. The molecule has 1 unspecified atom stereocenters. The summed E-state index contributed by atoms with van der Waals surface area (Å²) in [6.07, 6.45) is -0.643. The second-order valence-corrected chi connectivity index (χ2v) is 6.16. The van der Waals surface area contributed by atoms with Crippen LogP contribution in [-0.2, 0) is 27.3 Å². The molecule has 2 N–H and O–H groups in total. The molecule has 1 atom stereocenters. The van der Waals surface area contributed by atoms with Gasteiger partial charge in [-0.05, 0) is 35.4 Å². The highest BCUT2D eigenvalue weighted by Crippen LogP contribution is 2.32. The van der Waals surface area contributed by atoms with Crippen molar-refractivity contribution in [2.75, 3.05) is 20.5 Å². The molecule has 0 saturated carbocycles. The minimum atomic E-state index is -1.01. The second-order valence-electron chi connectivity index (χ2n) is 6.16. The molecule has 0 radical (unpaired) electrons. The Labute approximate surface area is 162 Å². The van der Waals surface area contributed by atoms with E-state index in [2.05, 4.69) is 5.32 Å². The van der Waals surface area contributed by atoms with Crippen molar-refractivity contribution in [3.63, 3.8) is 0 Å². The fraction of sp³-hybridized carbons (Fsp3) is 0.300. The number of carboxylic acid groups (broad SMARTS) is 1. The van der Waals surface area contributed by atoms with Crippen LogP contribution in [0, 0.1) is 0 Å². The number of methoxy groups -OCH3 is 1. The van der Waals surface area contributed by atoms with Crippen LogP contribution in [0.2, 0.25) is 0 Å². The van der Waals surface area contributed by atoms with Crippen molar-refractivity contribution in [1.82, 2.24) is 5.32 Å². The van der Waals surface area contributed by atoms with E-state index in [1.807, 2.05) is 12.1 Å². The number of carboxylic acids is 1. The molecule has 148 valence electrons. The summed E-state index contributed by atoms with van der Waals surface area (Å²) in [6, 6.07) is 12.4. The lowest BCUT2D eigenvalue weighted by atomic mass is 10.1. The summed E-state index contributed by atoms with van der Waals surface area (Å²) in [5, 5.41) is 11.8. The number of hydrogen-bond donors (Lipinski definition) is 2. The Bertz CT molecular complexity index is 835. The average molecular weight is 387 g/mol. The monoisotopic (exact) mass is 387 g/mol. The molecule has 1 heterocycles. The number of ether oxygens (including phenoxy) is 4. The first kappa shape index (κ1) is 19.5. The van der Waals surface area contributed by atoms with Crippen molar-refractivity contribution >= 4 is 11.9 Å². The number of carbonyl (C=O) groups excluding carboxylic acids is 1. The maximum Gasteiger partial charge on any atom is 0.333 e. The number of carbonyl (C=O) groups is 2. The van der Waals surface area contributed by atoms with Gasteiger partial charge in [0, 0.05) is 20.1 Å². The van der Waals surface area contributed by atoms with Crippen molar-refractivity contribution in [2.24, 2.45) is 0 Å². The van der Waals surface area contributed by atoms with Gasteiger partial charge in [-0.25, -0.2) is 4.79 Å². The van der Waals surface area contributed by atoms with Gasteiger partial charge in [-0.3, -0.25) is 4.79 Å². The molecule has 0 fully saturated rings. The third-order valence-electron chi connectivity index (χ3n) is 4.20. The van der Waals surface area contributed by atoms with E-state index in [4.69, 9.17) is 24.1 Å². The van der Waals surface area contributed by atoms with Crippen LogP contribution >= 0.6 is 0 Å². The summed E-state index contributed by atoms with van der Waals surface area (Å²) in [7, 11) is 1.36. The number of nitrogens with one attached hydrogen (secondary N) is 1. The van der Waals surface area contributed by atoms with Crippen LogP contribution in [0.15, 0.2) is 42.5 Å². The molecule has 8 heteroatoms. The first-order chi connectivity index (χ1) is 13.5. The summed E-state index contributed by atoms with van der Waals surface area (Å²) in [5.74, 6) is 0.615. The maximum atomic E-state index is 12.0. The Kier molecular flexibility index (Phi) is 6.33. The van der Waals surface area contributed by atoms with Crippen LogP contribution in [0.5, 0.6) is 17.2 Å². The Morgan fingerprint density at radius 2 is 1.82 bits per heavy atom. The van der Waals surface area contributed by atoms with Gasteiger partial charge in [-0.15, -0.1) is 0 Å². The fourth-order valence-corrected chi connectivity index (χ4v) is 2.66. The summed E-state index contributed by atoms with van der Waals surface area (Å²) in [6.45, 7) is 0.436. The summed E-state index contributed by atoms with van der Waals surface area (Å²) in [5.41, 5.74) is 1.70. The summed E-state index contributed by atoms with van der Waals surface area (Å²) < 4.78 is 20.9. The van der Waals surface area contributed by atoms with Gasteiger partial charge in [0.1, 0.15) is 5.75 Å². The van der Waals surface area contributed by atoms with Gasteiger partial charge in [0.15, 0.2) is 24.2 Å². The van der Waals surface area contributed by atoms with Crippen LogP contribution in [0.3, 0.4) is 0 Å². The summed E-state index contributed by atoms with van der Waals surface area (Å²) in [4.78, 5) is 23.0. The maximum absolute atomic E-state index is 12.0. The molecule has 2 aromatic rings. The predicted molar refractivity (Wildman–Crippen MR) is 98.5 cm³/mol. The first-order valence-corrected chi connectivity index (χ1v) is 8.67. The van der Waals surface area contributed by atoms with Crippen LogP contribution < -0.4 is 19.5 Å². The zero-order valence-corrected chi connectivity index (χ0v) is 15.3. The topological polar surface area (TPSA) is 103 Å². The number of hydrogen-bond acceptors (Lipinski definition) is 6. The number of amides is 1. The van der Waals surface area contributed by atoms with Crippen LogP contribution in [0.4, 0.5) is 0 Å². The van der Waals surface area contributed by atoms with Crippen molar-refractivity contribution in [3.8, 4) is 17.2 Å². The molecule has 1 amide bonds. The van der Waals surface area contributed by atoms with E-state index in [9.17, 15) is 9.59 Å². The number of fused-ring (bicyclic) bond motifs is 1. The fourth-order valence-electron chi connectivity index (χ4n) is 2.66. The lowest BCUT2D eigenvalue weighted by Gasteiger charge is -2.11. The minimum absolute atomic E-state index is 0.125. The van der Waals surface area contributed by atoms with E-state index < -0.39 is 12.1 Å². The predicted octanol–water partition coefficient (Wildman–Crippen LogP) is 1.75. The molecule has 1 aliphatic heterocycles. The van der Waals surface area contributed by atoms with E-state index in [-0.39, 0.29) is 25.7 Å². The van der Waals surface area contributed by atoms with Crippen LogP contribution in [0.25, 0.3) is 0 Å². The molecule has 0 aromatic heterocycles. The molecular formula is C20H21NO7. The molecule has 0 bridgehead atoms. The lowest BCUT2D eigenvalue weighted by molar-refractivity contribution is -0.148. The Morgan fingerprint density at radius 1 is 1.11 bits per heavy atom. The number of aliphatic carboxylic acids is 1. The highest BCUT2D eigenvalue weighted by Gasteiger charge is 2.17. The van der Waals surface area contributed by atoms with Gasteiger partial charge in [0.25, 0.3) is 5.91 Å². The highest BCUT2D eigenvalue weighted by atomic mass is 16.7. The molecule has 28 heavy (non-hydrogen) atoms. The zero-order chi connectivity index (χ0) is 19.9. The van der Waals surface area contributed by atoms with Crippen molar-refractivity contribution in [3.05, 3.63) is 53.6 Å². The Hall–Kier alpha value is -3.26. The van der Waals surface area contributed by atoms with Gasteiger partial charge < -0.3 is 29.4 Å². The van der Waals surface area contributed by atoms with E-state index in [1.54, 1.807) is 30.3 Å². The van der Waals surface area contributed by atoms with E-state index >= 15 is 0 Å². The van der Waals surface area contributed by atoms with Crippen molar-refractivity contribution in [2.45, 2.75) is 19.1 Å². The molecule has 0 aliphatic carbocycles. The first-order valence-electron chi connectivity index (χ1n) is 8.67. The third kappa shape index (κ3) is 5.14. The molecule has 3 rings (SSSR count). The second kappa shape index (κ2) is 9.09. The van der Waals surface area contributed by atoms with Gasteiger partial charge >= 0.3 is 5.97 Å². The largest absolute Gasteiger partial charge is 0.484 e. The normalized spacial score (nSPS) is 13.0. The minimum Gasteiger partial charge on any atom is -0.484 e. The van der Waals surface area contributed by atoms with E-state index in [0.717, 1.165) is 11.1 Å². The number of benzene rings is 2. The van der Waals surface area contributed by atoms with Gasteiger partial charge in [0.2, 0.25) is 6.79 Å². The average Bonchev–Trinajstić information content (AvgIpc) is 3.17. The van der Waals surface area contributed by atoms with Crippen LogP contribution in [0.1, 0.15) is 11.1 Å². The SMILES string of the molecule is COC(Cc1ccc(OCC(=O)NCc2ccc3c(c2)OCO3)cc1)C(=O)O. The van der Waals surface area contributed by atoms with Gasteiger partial charge in [-0.1, -0.05) is 18.2 Å². The lowest BCUT2D eigenvalue weighted by Crippen LogP contribution is -2.28. The Balaban J connectivity index is 1.43. The van der Waals surface area contributed by atoms with Crippen LogP contribution in [-0.4, -0.2) is 43.6 Å². The Morgan fingerprint density at radius 3 is 2.54 bits per heavy atom. The molecule has 0 spiro atoms. The quantitative estimate of drug-likeness (QED) is 0.676. The third-order valence-corrected chi connectivity index (χ3v) is 4.20. The van der Waals surface area contributed by atoms with Crippen molar-refractivity contribution in [1.29, 1.82) is 0 Å². The zero-order valence-electron chi connectivity index (χ0n) is 15.3.